The molecule has 0 aliphatic carbocycles. The average Bonchev–Trinajstić information content (AvgIpc) is 2.71. The fourth-order valence-electron chi connectivity index (χ4n) is 3.29. The van der Waals surface area contributed by atoms with Crippen LogP contribution in [0.1, 0.15) is 11.4 Å². The highest BCUT2D eigenvalue weighted by Gasteiger charge is 2.18. The van der Waals surface area contributed by atoms with E-state index in [9.17, 15) is 9.90 Å². The molecule has 1 atom stereocenters. The predicted molar refractivity (Wildman–Crippen MR) is 110 cm³/mol. The monoisotopic (exact) mass is 372 g/mol. The number of nitrogens with one attached hydrogen (secondary N) is 1. The quantitative estimate of drug-likeness (QED) is 0.481. The molecule has 6 nitrogen and oxygen atoms in total. The van der Waals surface area contributed by atoms with Gasteiger partial charge in [-0.2, -0.15) is 0 Å². The van der Waals surface area contributed by atoms with E-state index in [1.54, 1.807) is 0 Å². The van der Waals surface area contributed by atoms with Crippen LogP contribution in [0.15, 0.2) is 66.7 Å². The highest BCUT2D eigenvalue weighted by molar-refractivity contribution is 5.87. The van der Waals surface area contributed by atoms with Crippen molar-refractivity contribution in [3.8, 4) is 0 Å². The summed E-state index contributed by atoms with van der Waals surface area (Å²) < 4.78 is 0. The van der Waals surface area contributed by atoms with E-state index in [1.165, 1.54) is 0 Å². The predicted octanol–water partition coefficient (Wildman–Crippen LogP) is 3.15. The highest BCUT2D eigenvalue weighted by Crippen LogP contribution is 2.18. The van der Waals surface area contributed by atoms with Crippen LogP contribution in [0.4, 0.5) is 5.82 Å². The van der Waals surface area contributed by atoms with E-state index in [0.29, 0.717) is 18.1 Å². The lowest BCUT2D eigenvalue weighted by molar-refractivity contribution is -0.139. The number of carboxylic acid groups (broad SMARTS) is 1. The van der Waals surface area contributed by atoms with Gasteiger partial charge in [0.15, 0.2) is 0 Å². The first-order valence-corrected chi connectivity index (χ1v) is 9.05. The van der Waals surface area contributed by atoms with E-state index in [1.807, 2.05) is 66.7 Å². The third-order valence-corrected chi connectivity index (χ3v) is 4.74. The Bertz CT molecular complexity index is 1160. The van der Waals surface area contributed by atoms with Gasteiger partial charge in [-0.25, -0.2) is 9.97 Å². The Morgan fingerprint density at radius 2 is 1.75 bits per heavy atom. The van der Waals surface area contributed by atoms with E-state index in [0.717, 1.165) is 27.2 Å². The molecule has 28 heavy (non-hydrogen) atoms. The molecule has 3 aromatic carbocycles. The van der Waals surface area contributed by atoms with Gasteiger partial charge in [0, 0.05) is 5.39 Å². The van der Waals surface area contributed by atoms with Crippen molar-refractivity contribution in [3.63, 3.8) is 0 Å². The second-order valence-electron chi connectivity index (χ2n) is 6.70. The first-order chi connectivity index (χ1) is 13.6. The molecule has 0 saturated heterocycles. The third kappa shape index (κ3) is 3.77. The molecule has 6 heteroatoms. The summed E-state index contributed by atoms with van der Waals surface area (Å²) in [5.41, 5.74) is 7.70. The number of fused-ring (bicyclic) bond motifs is 2. The zero-order valence-corrected chi connectivity index (χ0v) is 15.2. The Hall–Kier alpha value is -3.51. The number of aliphatic carboxylic acids is 1. The smallest absolute Gasteiger partial charge is 0.321 e. The maximum absolute atomic E-state index is 11.7. The number of benzene rings is 3. The second-order valence-corrected chi connectivity index (χ2v) is 6.70. The second kappa shape index (κ2) is 7.62. The fourth-order valence-corrected chi connectivity index (χ4v) is 3.29. The molecule has 4 aromatic rings. The summed E-state index contributed by atoms with van der Waals surface area (Å²) in [7, 11) is 0. The summed E-state index contributed by atoms with van der Waals surface area (Å²) in [6.07, 6.45) is 0.364. The van der Waals surface area contributed by atoms with Crippen LogP contribution in [0.25, 0.3) is 21.7 Å². The number of nitrogen functional groups attached to an aromatic ring is 1. The van der Waals surface area contributed by atoms with Crippen molar-refractivity contribution in [2.45, 2.75) is 19.0 Å². The van der Waals surface area contributed by atoms with E-state index in [2.05, 4.69) is 15.3 Å². The molecule has 4 rings (SSSR count). The Morgan fingerprint density at radius 3 is 2.57 bits per heavy atom. The molecule has 4 N–H and O–H groups in total. The van der Waals surface area contributed by atoms with Gasteiger partial charge in [0.25, 0.3) is 0 Å². The number of nitrogens with zero attached hydrogens (tertiary/aromatic N) is 2. The summed E-state index contributed by atoms with van der Waals surface area (Å²) in [6.45, 7) is 0.222. The minimum atomic E-state index is -0.915. The number of hydrogen-bond acceptors (Lipinski definition) is 5. The maximum Gasteiger partial charge on any atom is 0.321 e. The first-order valence-electron chi connectivity index (χ1n) is 9.05. The van der Waals surface area contributed by atoms with Crippen molar-refractivity contribution >= 4 is 33.5 Å². The minimum absolute atomic E-state index is 0.222. The van der Waals surface area contributed by atoms with Crippen molar-refractivity contribution in [1.29, 1.82) is 0 Å². The normalized spacial score (nSPS) is 12.3. The van der Waals surface area contributed by atoms with Gasteiger partial charge in [-0.05, 0) is 34.9 Å². The van der Waals surface area contributed by atoms with Crippen LogP contribution in [-0.2, 0) is 17.8 Å². The van der Waals surface area contributed by atoms with Gasteiger partial charge >= 0.3 is 5.97 Å². The van der Waals surface area contributed by atoms with Crippen molar-refractivity contribution in [3.05, 3.63) is 78.1 Å². The molecule has 0 fully saturated rings. The van der Waals surface area contributed by atoms with E-state index < -0.39 is 12.0 Å². The SMILES string of the molecule is Nc1nc(CN[C@@H](Cc2ccc3ccccc3c2)C(=O)O)nc2ccccc12. The molecule has 0 radical (unpaired) electrons. The Morgan fingerprint density at radius 1 is 1.00 bits per heavy atom. The van der Waals surface area contributed by atoms with E-state index in [-0.39, 0.29) is 6.54 Å². The molecule has 1 aromatic heterocycles. The zero-order chi connectivity index (χ0) is 19.5. The van der Waals surface area contributed by atoms with Crippen LogP contribution in [0.5, 0.6) is 0 Å². The number of carbonyl (C=O) groups is 1. The Kier molecular flexibility index (Phi) is 4.87. The fraction of sp³-hybridized carbons (Fsp3) is 0.136. The number of carboxylic acids is 1. The number of aromatic nitrogens is 2. The van der Waals surface area contributed by atoms with Gasteiger partial charge in [0.1, 0.15) is 17.7 Å². The van der Waals surface area contributed by atoms with Gasteiger partial charge in [-0.1, -0.05) is 54.6 Å². The topological polar surface area (TPSA) is 101 Å². The molecular formula is C22H20N4O2. The lowest BCUT2D eigenvalue weighted by Crippen LogP contribution is -2.38. The zero-order valence-electron chi connectivity index (χ0n) is 15.2. The first kappa shape index (κ1) is 17.9. The van der Waals surface area contributed by atoms with Gasteiger partial charge in [-0.3, -0.25) is 10.1 Å². The number of anilines is 1. The summed E-state index contributed by atoms with van der Waals surface area (Å²) >= 11 is 0. The van der Waals surface area contributed by atoms with Crippen LogP contribution in [0.3, 0.4) is 0 Å². The van der Waals surface area contributed by atoms with Crippen molar-refractivity contribution in [1.82, 2.24) is 15.3 Å². The summed E-state index contributed by atoms with van der Waals surface area (Å²) in [5.74, 6) is -0.0494. The molecule has 0 spiro atoms. The van der Waals surface area contributed by atoms with Gasteiger partial charge in [-0.15, -0.1) is 0 Å². The third-order valence-electron chi connectivity index (χ3n) is 4.74. The Balaban J connectivity index is 1.51. The highest BCUT2D eigenvalue weighted by atomic mass is 16.4. The minimum Gasteiger partial charge on any atom is -0.480 e. The molecular weight excluding hydrogens is 352 g/mol. The molecule has 0 aliphatic heterocycles. The van der Waals surface area contributed by atoms with Crippen LogP contribution in [0.2, 0.25) is 0 Å². The molecule has 140 valence electrons. The van der Waals surface area contributed by atoms with Crippen LogP contribution >= 0.6 is 0 Å². The summed E-state index contributed by atoms with van der Waals surface area (Å²) in [6, 6.07) is 20.7. The van der Waals surface area contributed by atoms with Gasteiger partial charge < -0.3 is 10.8 Å². The number of nitrogens with two attached hydrogens (primary N) is 1. The largest absolute Gasteiger partial charge is 0.480 e. The molecule has 1 heterocycles. The van der Waals surface area contributed by atoms with E-state index >= 15 is 0 Å². The van der Waals surface area contributed by atoms with Crippen LogP contribution < -0.4 is 11.1 Å². The van der Waals surface area contributed by atoms with Crippen LogP contribution in [-0.4, -0.2) is 27.1 Å². The van der Waals surface area contributed by atoms with Crippen LogP contribution in [0, 0.1) is 0 Å². The lowest BCUT2D eigenvalue weighted by Gasteiger charge is -2.15. The van der Waals surface area contributed by atoms with Crippen molar-refractivity contribution in [2.24, 2.45) is 0 Å². The lowest BCUT2D eigenvalue weighted by atomic mass is 10.0. The summed E-state index contributed by atoms with van der Waals surface area (Å²) in [5, 5.41) is 15.7. The standard InChI is InChI=1S/C22H20N4O2/c23-21-17-7-3-4-8-18(17)25-20(26-21)13-24-19(22(27)28)12-14-9-10-15-5-1-2-6-16(15)11-14/h1-11,19,24H,12-13H2,(H,27,28)(H2,23,25,26)/t19-/m0/s1. The molecule has 0 unspecified atom stereocenters. The van der Waals surface area contributed by atoms with Crippen molar-refractivity contribution in [2.75, 3.05) is 5.73 Å². The number of para-hydroxylation sites is 1. The van der Waals surface area contributed by atoms with Gasteiger partial charge in [0.05, 0.1) is 12.1 Å². The molecule has 0 saturated carbocycles. The number of rotatable bonds is 6. The number of hydrogen-bond donors (Lipinski definition) is 3. The van der Waals surface area contributed by atoms with Crippen molar-refractivity contribution < 1.29 is 9.90 Å². The molecule has 0 amide bonds. The summed E-state index contributed by atoms with van der Waals surface area (Å²) in [4.78, 5) is 20.5. The maximum atomic E-state index is 11.7. The molecule has 0 bridgehead atoms. The Labute approximate surface area is 162 Å². The van der Waals surface area contributed by atoms with Gasteiger partial charge in [0.2, 0.25) is 0 Å². The molecule has 0 aliphatic rings. The van der Waals surface area contributed by atoms with E-state index in [4.69, 9.17) is 5.73 Å². The average molecular weight is 372 g/mol.